The molecule has 2 amide bonds. The van der Waals surface area contributed by atoms with Crippen molar-refractivity contribution >= 4 is 23.2 Å². The first-order chi connectivity index (χ1) is 14.4. The van der Waals surface area contributed by atoms with Gasteiger partial charge in [0.15, 0.2) is 0 Å². The fourth-order valence-corrected chi connectivity index (χ4v) is 3.44. The summed E-state index contributed by atoms with van der Waals surface area (Å²) in [5.74, 6) is -0.868. The number of halogens is 2. The van der Waals surface area contributed by atoms with Gasteiger partial charge in [-0.1, -0.05) is 0 Å². The second-order valence-corrected chi connectivity index (χ2v) is 7.22. The second-order valence-electron chi connectivity index (χ2n) is 7.22. The van der Waals surface area contributed by atoms with E-state index in [0.29, 0.717) is 44.1 Å². The fourth-order valence-electron chi connectivity index (χ4n) is 3.44. The highest BCUT2D eigenvalue weighted by Gasteiger charge is 2.23. The number of anilines is 2. The van der Waals surface area contributed by atoms with Crippen LogP contribution in [-0.4, -0.2) is 67.4 Å². The third-order valence-electron chi connectivity index (χ3n) is 5.07. The van der Waals surface area contributed by atoms with E-state index in [4.69, 9.17) is 0 Å². The largest absolute Gasteiger partial charge is 0.325 e. The number of hydrogen-bond acceptors (Lipinski definition) is 4. The normalized spacial score (nSPS) is 15.0. The SMILES string of the molecule is CCN(C(=O)CN1CCN(CC(=O)Nc2ccc(F)cc2)CC1)c1ccc(F)cc1. The van der Waals surface area contributed by atoms with Gasteiger partial charge in [-0.25, -0.2) is 8.78 Å². The summed E-state index contributed by atoms with van der Waals surface area (Å²) in [5, 5.41) is 2.76. The molecule has 1 fully saturated rings. The lowest BCUT2D eigenvalue weighted by molar-refractivity contribution is -0.121. The van der Waals surface area contributed by atoms with Crippen molar-refractivity contribution in [3.05, 3.63) is 60.2 Å². The van der Waals surface area contributed by atoms with E-state index in [2.05, 4.69) is 10.2 Å². The number of rotatable bonds is 7. The van der Waals surface area contributed by atoms with E-state index in [1.54, 1.807) is 17.0 Å². The van der Waals surface area contributed by atoms with Gasteiger partial charge in [-0.05, 0) is 55.5 Å². The average molecular weight is 416 g/mol. The molecule has 3 rings (SSSR count). The summed E-state index contributed by atoms with van der Waals surface area (Å²) >= 11 is 0. The predicted molar refractivity (Wildman–Crippen MR) is 112 cm³/mol. The van der Waals surface area contributed by atoms with Crippen LogP contribution >= 0.6 is 0 Å². The highest BCUT2D eigenvalue weighted by molar-refractivity contribution is 5.94. The molecule has 6 nitrogen and oxygen atoms in total. The van der Waals surface area contributed by atoms with Gasteiger partial charge in [0.1, 0.15) is 11.6 Å². The van der Waals surface area contributed by atoms with Crippen molar-refractivity contribution in [2.24, 2.45) is 0 Å². The summed E-state index contributed by atoms with van der Waals surface area (Å²) in [6.45, 7) is 5.62. The van der Waals surface area contributed by atoms with Crippen molar-refractivity contribution in [1.29, 1.82) is 0 Å². The number of nitrogens with one attached hydrogen (secondary N) is 1. The lowest BCUT2D eigenvalue weighted by Crippen LogP contribution is -2.51. The van der Waals surface area contributed by atoms with Crippen molar-refractivity contribution in [3.8, 4) is 0 Å². The van der Waals surface area contributed by atoms with Crippen LogP contribution in [-0.2, 0) is 9.59 Å². The number of amides is 2. The maximum absolute atomic E-state index is 13.1. The van der Waals surface area contributed by atoms with Gasteiger partial charge in [0.25, 0.3) is 0 Å². The first-order valence-corrected chi connectivity index (χ1v) is 10.0. The molecule has 2 aromatic carbocycles. The number of carbonyl (C=O) groups excluding carboxylic acids is 2. The van der Waals surface area contributed by atoms with E-state index in [9.17, 15) is 18.4 Å². The molecular formula is C22H26F2N4O2. The number of piperazine rings is 1. The predicted octanol–water partition coefficient (Wildman–Crippen LogP) is 2.57. The standard InChI is InChI=1S/C22H26F2N4O2/c1-2-28(20-9-5-18(24)6-10-20)22(30)16-27-13-11-26(12-14-27)15-21(29)25-19-7-3-17(23)4-8-19/h3-10H,2,11-16H2,1H3,(H,25,29). The zero-order valence-electron chi connectivity index (χ0n) is 17.0. The molecule has 0 radical (unpaired) electrons. The molecule has 1 heterocycles. The molecule has 160 valence electrons. The van der Waals surface area contributed by atoms with Crippen LogP contribution < -0.4 is 10.2 Å². The highest BCUT2D eigenvalue weighted by Crippen LogP contribution is 2.15. The van der Waals surface area contributed by atoms with E-state index >= 15 is 0 Å². The molecule has 1 saturated heterocycles. The van der Waals surface area contributed by atoms with Crippen LogP contribution in [0.25, 0.3) is 0 Å². The monoisotopic (exact) mass is 416 g/mol. The minimum atomic E-state index is -0.347. The number of benzene rings is 2. The van der Waals surface area contributed by atoms with Crippen molar-refractivity contribution in [2.75, 3.05) is 56.0 Å². The highest BCUT2D eigenvalue weighted by atomic mass is 19.1. The Morgan fingerprint density at radius 3 is 1.90 bits per heavy atom. The number of nitrogens with zero attached hydrogens (tertiary/aromatic N) is 3. The van der Waals surface area contributed by atoms with Crippen molar-refractivity contribution < 1.29 is 18.4 Å². The molecule has 0 bridgehead atoms. The van der Waals surface area contributed by atoms with Crippen LogP contribution in [0.2, 0.25) is 0 Å². The molecule has 8 heteroatoms. The van der Waals surface area contributed by atoms with Gasteiger partial charge in [-0.15, -0.1) is 0 Å². The molecule has 0 atom stereocenters. The summed E-state index contributed by atoms with van der Waals surface area (Å²) in [7, 11) is 0. The maximum Gasteiger partial charge on any atom is 0.241 e. The number of hydrogen-bond donors (Lipinski definition) is 1. The third kappa shape index (κ3) is 6.08. The molecule has 0 unspecified atom stereocenters. The van der Waals surface area contributed by atoms with E-state index in [-0.39, 0.29) is 36.5 Å². The summed E-state index contributed by atoms with van der Waals surface area (Å²) in [6.07, 6.45) is 0. The average Bonchev–Trinajstić information content (AvgIpc) is 2.73. The maximum atomic E-state index is 13.1. The Hall–Kier alpha value is -2.84. The lowest BCUT2D eigenvalue weighted by Gasteiger charge is -2.35. The molecule has 0 aromatic heterocycles. The lowest BCUT2D eigenvalue weighted by atomic mass is 10.2. The Morgan fingerprint density at radius 1 is 0.867 bits per heavy atom. The van der Waals surface area contributed by atoms with Crippen LogP contribution in [0, 0.1) is 11.6 Å². The van der Waals surface area contributed by atoms with Crippen molar-refractivity contribution in [1.82, 2.24) is 9.80 Å². The van der Waals surface area contributed by atoms with Gasteiger partial charge in [-0.3, -0.25) is 19.4 Å². The van der Waals surface area contributed by atoms with Gasteiger partial charge < -0.3 is 10.2 Å². The van der Waals surface area contributed by atoms with Crippen molar-refractivity contribution in [3.63, 3.8) is 0 Å². The molecule has 0 aliphatic carbocycles. The van der Waals surface area contributed by atoms with Crippen LogP contribution in [0.15, 0.2) is 48.5 Å². The third-order valence-corrected chi connectivity index (χ3v) is 5.07. The molecular weight excluding hydrogens is 390 g/mol. The summed E-state index contributed by atoms with van der Waals surface area (Å²) in [6, 6.07) is 11.6. The van der Waals surface area contributed by atoms with Crippen LogP contribution in [0.3, 0.4) is 0 Å². The van der Waals surface area contributed by atoms with Crippen LogP contribution in [0.4, 0.5) is 20.2 Å². The van der Waals surface area contributed by atoms with Gasteiger partial charge in [-0.2, -0.15) is 0 Å². The fraction of sp³-hybridized carbons (Fsp3) is 0.364. The van der Waals surface area contributed by atoms with Crippen LogP contribution in [0.5, 0.6) is 0 Å². The van der Waals surface area contributed by atoms with E-state index in [1.165, 1.54) is 36.4 Å². The molecule has 0 spiro atoms. The summed E-state index contributed by atoms with van der Waals surface area (Å²) in [5.41, 5.74) is 1.24. The molecule has 1 aliphatic heterocycles. The Balaban J connectivity index is 1.44. The van der Waals surface area contributed by atoms with E-state index in [0.717, 1.165) is 0 Å². The van der Waals surface area contributed by atoms with Crippen LogP contribution in [0.1, 0.15) is 6.92 Å². The zero-order chi connectivity index (χ0) is 21.5. The number of likely N-dealkylation sites (N-methyl/N-ethyl adjacent to an activating group) is 1. The van der Waals surface area contributed by atoms with E-state index < -0.39 is 0 Å². The summed E-state index contributed by atoms with van der Waals surface area (Å²) < 4.78 is 26.1. The Kier molecular flexibility index (Phi) is 7.48. The minimum absolute atomic E-state index is 0.0355. The second kappa shape index (κ2) is 10.3. The Morgan fingerprint density at radius 2 is 1.37 bits per heavy atom. The first kappa shape index (κ1) is 21.9. The molecule has 0 saturated carbocycles. The first-order valence-electron chi connectivity index (χ1n) is 10.0. The van der Waals surface area contributed by atoms with Gasteiger partial charge in [0.2, 0.25) is 11.8 Å². The molecule has 2 aromatic rings. The molecule has 1 aliphatic rings. The molecule has 1 N–H and O–H groups in total. The Bertz CT molecular complexity index is 850. The van der Waals surface area contributed by atoms with Gasteiger partial charge in [0.05, 0.1) is 13.1 Å². The Labute approximate surface area is 175 Å². The van der Waals surface area contributed by atoms with Gasteiger partial charge in [0, 0.05) is 44.1 Å². The smallest absolute Gasteiger partial charge is 0.241 e. The van der Waals surface area contributed by atoms with Crippen molar-refractivity contribution in [2.45, 2.75) is 6.92 Å². The topological polar surface area (TPSA) is 55.9 Å². The molecule has 30 heavy (non-hydrogen) atoms. The quantitative estimate of drug-likeness (QED) is 0.754. The zero-order valence-corrected chi connectivity index (χ0v) is 17.0. The van der Waals surface area contributed by atoms with Gasteiger partial charge >= 0.3 is 0 Å². The number of carbonyl (C=O) groups is 2. The van der Waals surface area contributed by atoms with E-state index in [1.807, 2.05) is 11.8 Å². The summed E-state index contributed by atoms with van der Waals surface area (Å²) in [4.78, 5) is 30.6. The minimum Gasteiger partial charge on any atom is -0.325 e.